The molecule has 1 fully saturated rings. The average Bonchev–Trinajstić information content (AvgIpc) is 2.62. The molecule has 142 valence electrons. The monoisotopic (exact) mass is 382 g/mol. The summed E-state index contributed by atoms with van der Waals surface area (Å²) in [5.74, 6) is -0.226. The number of rotatable bonds is 8. The number of non-ortho nitro benzene ring substituents is 1. The number of nitro groups is 1. The number of carbonyl (C=O) groups is 2. The Morgan fingerprint density at radius 3 is 2.65 bits per heavy atom. The number of nitrogens with one attached hydrogen (secondary N) is 1. The van der Waals surface area contributed by atoms with Crippen LogP contribution in [-0.2, 0) is 14.3 Å². The lowest BCUT2D eigenvalue weighted by Crippen LogP contribution is -2.21. The van der Waals surface area contributed by atoms with E-state index in [-0.39, 0.29) is 16.4 Å². The van der Waals surface area contributed by atoms with Gasteiger partial charge in [-0.05, 0) is 24.8 Å². The second-order valence-electron chi connectivity index (χ2n) is 6.53. The molecule has 0 radical (unpaired) electrons. The fourth-order valence-electron chi connectivity index (χ4n) is 3.13. The smallest absolute Gasteiger partial charge is 0.306 e. The van der Waals surface area contributed by atoms with Crippen LogP contribution in [0.15, 0.2) is 18.2 Å². The van der Waals surface area contributed by atoms with Crippen molar-refractivity contribution < 1.29 is 19.2 Å². The summed E-state index contributed by atoms with van der Waals surface area (Å²) in [4.78, 5) is 33.6. The lowest BCUT2D eigenvalue weighted by molar-refractivity contribution is -0.384. The molecule has 0 saturated heterocycles. The largest absolute Gasteiger partial charge is 0.456 e. The van der Waals surface area contributed by atoms with Gasteiger partial charge in [-0.1, -0.05) is 43.7 Å². The number of hydrogen-bond donors (Lipinski definition) is 1. The predicted molar refractivity (Wildman–Crippen MR) is 98.1 cm³/mol. The molecule has 0 aromatic heterocycles. The molecule has 0 heterocycles. The summed E-state index contributed by atoms with van der Waals surface area (Å²) in [5, 5.41) is 13.2. The van der Waals surface area contributed by atoms with Crippen LogP contribution in [0.5, 0.6) is 0 Å². The first-order valence-electron chi connectivity index (χ1n) is 8.85. The van der Waals surface area contributed by atoms with E-state index in [1.807, 2.05) is 0 Å². The van der Waals surface area contributed by atoms with Crippen LogP contribution in [0.4, 0.5) is 11.4 Å². The highest BCUT2D eigenvalue weighted by molar-refractivity contribution is 6.34. The van der Waals surface area contributed by atoms with E-state index >= 15 is 0 Å². The Balaban J connectivity index is 1.67. The van der Waals surface area contributed by atoms with E-state index in [0.717, 1.165) is 18.9 Å². The third kappa shape index (κ3) is 6.63. The Kier molecular flexibility index (Phi) is 7.84. The number of anilines is 1. The molecule has 1 saturated carbocycles. The number of amides is 1. The molecule has 7 nitrogen and oxygen atoms in total. The zero-order valence-corrected chi connectivity index (χ0v) is 15.3. The standard InChI is InChI=1S/C18H23ClN2O5/c19-15-11-14(21(24)25)9-10-16(15)20-17(22)12-26-18(23)8-4-7-13-5-2-1-3-6-13/h9-11,13H,1-8,12H2,(H,20,22). The third-order valence-electron chi connectivity index (χ3n) is 4.52. The van der Waals surface area contributed by atoms with E-state index < -0.39 is 23.4 Å². The van der Waals surface area contributed by atoms with Gasteiger partial charge < -0.3 is 10.1 Å². The van der Waals surface area contributed by atoms with Gasteiger partial charge in [0.15, 0.2) is 6.61 Å². The zero-order valence-electron chi connectivity index (χ0n) is 14.5. The molecule has 1 N–H and O–H groups in total. The van der Waals surface area contributed by atoms with Crippen molar-refractivity contribution in [2.75, 3.05) is 11.9 Å². The first-order valence-corrected chi connectivity index (χ1v) is 9.23. The third-order valence-corrected chi connectivity index (χ3v) is 4.83. The molecule has 0 aliphatic heterocycles. The molecule has 1 aliphatic rings. The normalized spacial score (nSPS) is 14.7. The predicted octanol–water partition coefficient (Wildman–Crippen LogP) is 4.48. The van der Waals surface area contributed by atoms with Crippen molar-refractivity contribution in [3.63, 3.8) is 0 Å². The Morgan fingerprint density at radius 2 is 2.00 bits per heavy atom. The van der Waals surface area contributed by atoms with E-state index in [9.17, 15) is 19.7 Å². The van der Waals surface area contributed by atoms with Crippen LogP contribution in [0.2, 0.25) is 5.02 Å². The molecule has 0 unspecified atom stereocenters. The molecule has 1 aliphatic carbocycles. The van der Waals surface area contributed by atoms with Crippen LogP contribution in [0, 0.1) is 16.0 Å². The molecular formula is C18H23ClN2O5. The second-order valence-corrected chi connectivity index (χ2v) is 6.93. The first kappa shape index (κ1) is 20.2. The summed E-state index contributed by atoms with van der Waals surface area (Å²) in [6.07, 6.45) is 8.47. The van der Waals surface area contributed by atoms with Crippen molar-refractivity contribution in [1.29, 1.82) is 0 Å². The first-order chi connectivity index (χ1) is 12.5. The maximum absolute atomic E-state index is 11.8. The second kappa shape index (κ2) is 10.1. The highest BCUT2D eigenvalue weighted by Gasteiger charge is 2.15. The minimum absolute atomic E-state index is 0.0476. The molecule has 1 amide bonds. The van der Waals surface area contributed by atoms with Crippen LogP contribution >= 0.6 is 11.6 Å². The fraction of sp³-hybridized carbons (Fsp3) is 0.556. The van der Waals surface area contributed by atoms with Crippen molar-refractivity contribution in [3.05, 3.63) is 33.3 Å². The highest BCUT2D eigenvalue weighted by atomic mass is 35.5. The maximum Gasteiger partial charge on any atom is 0.306 e. The van der Waals surface area contributed by atoms with Gasteiger partial charge in [-0.25, -0.2) is 0 Å². The summed E-state index contributed by atoms with van der Waals surface area (Å²) in [6.45, 7) is -0.407. The van der Waals surface area contributed by atoms with Crippen molar-refractivity contribution in [1.82, 2.24) is 0 Å². The van der Waals surface area contributed by atoms with E-state index in [0.29, 0.717) is 12.3 Å². The molecule has 0 atom stereocenters. The van der Waals surface area contributed by atoms with Crippen LogP contribution in [0.25, 0.3) is 0 Å². The van der Waals surface area contributed by atoms with Crippen LogP contribution in [0.1, 0.15) is 51.4 Å². The van der Waals surface area contributed by atoms with Gasteiger partial charge in [-0.3, -0.25) is 19.7 Å². The van der Waals surface area contributed by atoms with Gasteiger partial charge in [0.2, 0.25) is 0 Å². The van der Waals surface area contributed by atoms with Crippen molar-refractivity contribution in [2.24, 2.45) is 5.92 Å². The van der Waals surface area contributed by atoms with Crippen molar-refractivity contribution in [2.45, 2.75) is 51.4 Å². The van der Waals surface area contributed by atoms with Crippen molar-refractivity contribution >= 4 is 34.9 Å². The lowest BCUT2D eigenvalue weighted by atomic mass is 9.86. The number of esters is 1. The van der Waals surface area contributed by atoms with Crippen LogP contribution < -0.4 is 5.32 Å². The molecule has 0 spiro atoms. The summed E-state index contributed by atoms with van der Waals surface area (Å²) in [6, 6.07) is 3.72. The molecule has 2 rings (SSSR count). The number of ether oxygens (including phenoxy) is 1. The Labute approximate surface area is 157 Å². The van der Waals surface area contributed by atoms with E-state index in [1.165, 1.54) is 44.2 Å². The Morgan fingerprint density at radius 1 is 1.27 bits per heavy atom. The molecule has 26 heavy (non-hydrogen) atoms. The number of carbonyl (C=O) groups excluding carboxylic acids is 2. The van der Waals surface area contributed by atoms with E-state index in [4.69, 9.17) is 16.3 Å². The van der Waals surface area contributed by atoms with Gasteiger partial charge in [0, 0.05) is 18.6 Å². The number of benzene rings is 1. The summed E-state index contributed by atoms with van der Waals surface area (Å²) < 4.78 is 4.96. The number of nitro benzene ring substituents is 1. The molecule has 1 aromatic rings. The molecular weight excluding hydrogens is 360 g/mol. The quantitative estimate of drug-likeness (QED) is 0.406. The Bertz CT molecular complexity index is 659. The van der Waals surface area contributed by atoms with E-state index in [2.05, 4.69) is 5.32 Å². The average molecular weight is 383 g/mol. The number of hydrogen-bond acceptors (Lipinski definition) is 5. The summed E-state index contributed by atoms with van der Waals surface area (Å²) in [5.41, 5.74) is 0.0630. The van der Waals surface area contributed by atoms with E-state index in [1.54, 1.807) is 0 Å². The lowest BCUT2D eigenvalue weighted by Gasteiger charge is -2.20. The Hall–Kier alpha value is -2.15. The topological polar surface area (TPSA) is 98.5 Å². The molecule has 8 heteroatoms. The summed E-state index contributed by atoms with van der Waals surface area (Å²) >= 11 is 5.90. The molecule has 1 aromatic carbocycles. The van der Waals surface area contributed by atoms with Crippen LogP contribution in [-0.4, -0.2) is 23.4 Å². The summed E-state index contributed by atoms with van der Waals surface area (Å²) in [7, 11) is 0. The SMILES string of the molecule is O=C(COC(=O)CCCC1CCCCC1)Nc1ccc([N+](=O)[O-])cc1Cl. The van der Waals surface area contributed by atoms with Crippen molar-refractivity contribution in [3.8, 4) is 0 Å². The van der Waals surface area contributed by atoms with Gasteiger partial charge >= 0.3 is 5.97 Å². The van der Waals surface area contributed by atoms with Gasteiger partial charge in [-0.15, -0.1) is 0 Å². The molecule has 0 bridgehead atoms. The number of nitrogens with zero attached hydrogens (tertiary/aromatic N) is 1. The minimum Gasteiger partial charge on any atom is -0.456 e. The number of halogens is 1. The minimum atomic E-state index is -0.577. The van der Waals surface area contributed by atoms with Gasteiger partial charge in [0.05, 0.1) is 15.6 Å². The van der Waals surface area contributed by atoms with Gasteiger partial charge in [-0.2, -0.15) is 0 Å². The van der Waals surface area contributed by atoms with Crippen LogP contribution in [0.3, 0.4) is 0 Å². The van der Waals surface area contributed by atoms with Gasteiger partial charge in [0.25, 0.3) is 11.6 Å². The highest BCUT2D eigenvalue weighted by Crippen LogP contribution is 2.28. The van der Waals surface area contributed by atoms with Gasteiger partial charge in [0.1, 0.15) is 0 Å². The zero-order chi connectivity index (χ0) is 18.9. The maximum atomic E-state index is 11.8. The fourth-order valence-corrected chi connectivity index (χ4v) is 3.36.